The maximum absolute atomic E-state index is 12.5. The maximum atomic E-state index is 12.5. The minimum Gasteiger partial charge on any atom is -0.465 e. The highest BCUT2D eigenvalue weighted by atomic mass is 35.5. The highest BCUT2D eigenvalue weighted by Crippen LogP contribution is 2.23. The topological polar surface area (TPSA) is 90.3 Å². The second kappa shape index (κ2) is 7.73. The molecule has 2 heterocycles. The molecule has 0 fully saturated rings. The van der Waals surface area contributed by atoms with E-state index in [1.807, 2.05) is 0 Å². The number of hydrogen-bond acceptors (Lipinski definition) is 6. The van der Waals surface area contributed by atoms with E-state index in [0.717, 1.165) is 11.3 Å². The molecule has 0 bridgehead atoms. The first-order valence-electron chi connectivity index (χ1n) is 7.75. The summed E-state index contributed by atoms with van der Waals surface area (Å²) in [6, 6.07) is 11.3. The summed E-state index contributed by atoms with van der Waals surface area (Å²) in [6.07, 6.45) is 0. The Morgan fingerprint density at radius 2 is 1.89 bits per heavy atom. The molecule has 0 atom stereocenters. The molecule has 0 unspecified atom stereocenters. The summed E-state index contributed by atoms with van der Waals surface area (Å²) in [5, 5.41) is 7.74. The number of rotatable bonds is 4. The van der Waals surface area contributed by atoms with Crippen molar-refractivity contribution in [1.29, 1.82) is 0 Å². The zero-order valence-electron chi connectivity index (χ0n) is 14.4. The molecule has 1 amide bonds. The Balaban J connectivity index is 1.91. The number of methoxy groups -OCH3 is 1. The first-order valence-corrected chi connectivity index (χ1v) is 8.95. The van der Waals surface area contributed by atoms with Crippen molar-refractivity contribution in [1.82, 2.24) is 9.78 Å². The number of benzene rings is 1. The van der Waals surface area contributed by atoms with Crippen LogP contribution in [0.5, 0.6) is 0 Å². The Labute approximate surface area is 163 Å². The van der Waals surface area contributed by atoms with Crippen molar-refractivity contribution in [3.05, 3.63) is 74.0 Å². The molecule has 0 aliphatic carbocycles. The lowest BCUT2D eigenvalue weighted by molar-refractivity contribution is 0.0606. The summed E-state index contributed by atoms with van der Waals surface area (Å²) >= 11 is 6.94. The lowest BCUT2D eigenvalue weighted by atomic mass is 10.2. The standard InChI is InChI=1S/C18H14ClN3O4S/c1-10-9-13(23)16(21-22(10)12-5-3-11(19)4-6-12)17(24)20-15-8-7-14(27-15)18(25)26-2/h3-9H,1-2H3,(H,20,24). The van der Waals surface area contributed by atoms with Crippen LogP contribution in [-0.2, 0) is 4.74 Å². The number of ether oxygens (including phenoxy) is 1. The van der Waals surface area contributed by atoms with E-state index in [1.165, 1.54) is 23.9 Å². The van der Waals surface area contributed by atoms with Crippen LogP contribution in [0.15, 0.2) is 47.3 Å². The van der Waals surface area contributed by atoms with Crippen LogP contribution >= 0.6 is 22.9 Å². The van der Waals surface area contributed by atoms with Crippen molar-refractivity contribution in [2.45, 2.75) is 6.92 Å². The van der Waals surface area contributed by atoms with Gasteiger partial charge < -0.3 is 10.1 Å². The minimum atomic E-state index is -0.666. The number of halogens is 1. The van der Waals surface area contributed by atoms with Crippen molar-refractivity contribution in [3.8, 4) is 5.69 Å². The van der Waals surface area contributed by atoms with E-state index in [0.29, 0.717) is 26.3 Å². The third-order valence-corrected chi connectivity index (χ3v) is 4.86. The van der Waals surface area contributed by atoms with Gasteiger partial charge in [0.15, 0.2) is 5.69 Å². The van der Waals surface area contributed by atoms with Crippen LogP contribution < -0.4 is 10.7 Å². The Morgan fingerprint density at radius 3 is 2.56 bits per heavy atom. The maximum Gasteiger partial charge on any atom is 0.348 e. The molecule has 0 saturated carbocycles. The molecule has 138 valence electrons. The van der Waals surface area contributed by atoms with Crippen LogP contribution in [0.4, 0.5) is 5.00 Å². The zero-order valence-corrected chi connectivity index (χ0v) is 15.9. The van der Waals surface area contributed by atoms with Gasteiger partial charge in [0.25, 0.3) is 5.91 Å². The van der Waals surface area contributed by atoms with Gasteiger partial charge in [-0.15, -0.1) is 11.3 Å². The average Bonchev–Trinajstić information content (AvgIpc) is 3.10. The van der Waals surface area contributed by atoms with Gasteiger partial charge in [-0.25, -0.2) is 9.48 Å². The Bertz CT molecular complexity index is 1070. The number of esters is 1. The second-order valence-electron chi connectivity index (χ2n) is 5.50. The fourth-order valence-electron chi connectivity index (χ4n) is 2.33. The monoisotopic (exact) mass is 403 g/mol. The van der Waals surface area contributed by atoms with Crippen molar-refractivity contribution < 1.29 is 14.3 Å². The van der Waals surface area contributed by atoms with E-state index in [1.54, 1.807) is 37.3 Å². The highest BCUT2D eigenvalue weighted by molar-refractivity contribution is 7.18. The molecule has 1 aromatic carbocycles. The molecular weight excluding hydrogens is 390 g/mol. The summed E-state index contributed by atoms with van der Waals surface area (Å²) in [5.41, 5.74) is 0.474. The van der Waals surface area contributed by atoms with Crippen molar-refractivity contribution in [2.24, 2.45) is 0 Å². The van der Waals surface area contributed by atoms with E-state index in [4.69, 9.17) is 11.6 Å². The first-order chi connectivity index (χ1) is 12.9. The van der Waals surface area contributed by atoms with Crippen LogP contribution in [-0.4, -0.2) is 28.8 Å². The predicted molar refractivity (Wildman–Crippen MR) is 103 cm³/mol. The normalized spacial score (nSPS) is 10.5. The Kier molecular flexibility index (Phi) is 5.38. The number of carbonyl (C=O) groups is 2. The molecule has 7 nitrogen and oxygen atoms in total. The van der Waals surface area contributed by atoms with Crippen LogP contribution in [0.3, 0.4) is 0 Å². The van der Waals surface area contributed by atoms with Gasteiger partial charge >= 0.3 is 5.97 Å². The van der Waals surface area contributed by atoms with Crippen LogP contribution in [0.1, 0.15) is 25.9 Å². The van der Waals surface area contributed by atoms with Gasteiger partial charge in [-0.05, 0) is 43.3 Å². The smallest absolute Gasteiger partial charge is 0.348 e. The molecular formula is C18H14ClN3O4S. The number of amides is 1. The number of nitrogens with zero attached hydrogens (tertiary/aromatic N) is 2. The van der Waals surface area contributed by atoms with E-state index in [9.17, 15) is 14.4 Å². The van der Waals surface area contributed by atoms with Gasteiger partial charge in [0.1, 0.15) is 4.88 Å². The molecule has 0 spiro atoms. The molecule has 9 heteroatoms. The quantitative estimate of drug-likeness (QED) is 0.675. The Hall–Kier alpha value is -2.97. The van der Waals surface area contributed by atoms with Crippen molar-refractivity contribution in [2.75, 3.05) is 12.4 Å². The molecule has 0 radical (unpaired) electrons. The number of nitrogens with one attached hydrogen (secondary N) is 1. The number of aromatic nitrogens is 2. The SMILES string of the molecule is COC(=O)c1ccc(NC(=O)c2nn(-c3ccc(Cl)cc3)c(C)cc2=O)s1. The second-order valence-corrected chi connectivity index (χ2v) is 7.02. The third kappa shape index (κ3) is 4.07. The molecule has 3 rings (SSSR count). The fraction of sp³-hybridized carbons (Fsp3) is 0.111. The molecule has 2 aromatic heterocycles. The molecule has 1 N–H and O–H groups in total. The summed E-state index contributed by atoms with van der Waals surface area (Å²) in [4.78, 5) is 36.6. The predicted octanol–water partition coefficient (Wildman–Crippen LogP) is 3.29. The lowest BCUT2D eigenvalue weighted by Gasteiger charge is -2.11. The number of aryl methyl sites for hydroxylation is 1. The minimum absolute atomic E-state index is 0.261. The summed E-state index contributed by atoms with van der Waals surface area (Å²) in [5.74, 6) is -1.17. The van der Waals surface area contributed by atoms with Crippen LogP contribution in [0, 0.1) is 6.92 Å². The van der Waals surface area contributed by atoms with E-state index in [2.05, 4.69) is 15.2 Å². The van der Waals surface area contributed by atoms with Gasteiger partial charge in [-0.3, -0.25) is 9.59 Å². The van der Waals surface area contributed by atoms with Crippen LogP contribution in [0.2, 0.25) is 5.02 Å². The average molecular weight is 404 g/mol. The molecule has 0 aliphatic heterocycles. The molecule has 3 aromatic rings. The largest absolute Gasteiger partial charge is 0.465 e. The number of thiophene rings is 1. The molecule has 27 heavy (non-hydrogen) atoms. The molecule has 0 saturated heterocycles. The van der Waals surface area contributed by atoms with Crippen molar-refractivity contribution >= 4 is 39.8 Å². The van der Waals surface area contributed by atoms with E-state index < -0.39 is 17.3 Å². The number of anilines is 1. The van der Waals surface area contributed by atoms with E-state index in [-0.39, 0.29) is 5.69 Å². The van der Waals surface area contributed by atoms with Gasteiger partial charge in [0.05, 0.1) is 17.8 Å². The number of carbonyl (C=O) groups excluding carboxylic acids is 2. The third-order valence-electron chi connectivity index (χ3n) is 3.62. The molecule has 0 aliphatic rings. The van der Waals surface area contributed by atoms with Gasteiger partial charge in [0.2, 0.25) is 5.43 Å². The van der Waals surface area contributed by atoms with E-state index >= 15 is 0 Å². The van der Waals surface area contributed by atoms with Crippen molar-refractivity contribution in [3.63, 3.8) is 0 Å². The van der Waals surface area contributed by atoms with Gasteiger partial charge in [0, 0.05) is 16.8 Å². The van der Waals surface area contributed by atoms with Crippen LogP contribution in [0.25, 0.3) is 5.69 Å². The number of hydrogen-bond donors (Lipinski definition) is 1. The lowest BCUT2D eigenvalue weighted by Crippen LogP contribution is -2.26. The van der Waals surface area contributed by atoms with Gasteiger partial charge in [-0.1, -0.05) is 11.6 Å². The van der Waals surface area contributed by atoms with Gasteiger partial charge in [-0.2, -0.15) is 5.10 Å². The highest BCUT2D eigenvalue weighted by Gasteiger charge is 2.17. The first kappa shape index (κ1) is 18.8. The summed E-state index contributed by atoms with van der Waals surface area (Å²) < 4.78 is 6.12. The Morgan fingerprint density at radius 1 is 1.19 bits per heavy atom. The summed E-state index contributed by atoms with van der Waals surface area (Å²) in [6.45, 7) is 1.71. The summed E-state index contributed by atoms with van der Waals surface area (Å²) in [7, 11) is 1.27. The fourth-order valence-corrected chi connectivity index (χ4v) is 3.28. The zero-order chi connectivity index (χ0) is 19.6.